The topological polar surface area (TPSA) is 90.0 Å². The molecule has 2 fully saturated rings. The summed E-state index contributed by atoms with van der Waals surface area (Å²) in [5.41, 5.74) is 1.63. The van der Waals surface area contributed by atoms with Crippen molar-refractivity contribution in [2.45, 2.75) is 44.7 Å². The van der Waals surface area contributed by atoms with Crippen LogP contribution in [-0.2, 0) is 9.59 Å². The molecule has 0 aliphatic carbocycles. The van der Waals surface area contributed by atoms with Crippen LogP contribution in [0.3, 0.4) is 0 Å². The molecule has 154 valence electrons. The molecule has 1 atom stereocenters. The van der Waals surface area contributed by atoms with Gasteiger partial charge in [-0.2, -0.15) is 0 Å². The van der Waals surface area contributed by atoms with Crippen molar-refractivity contribution in [1.82, 2.24) is 15.1 Å². The number of halogens is 1. The minimum atomic E-state index is -0.849. The average Bonchev–Trinajstić information content (AvgIpc) is 3.11. The van der Waals surface area contributed by atoms with Gasteiger partial charge >= 0.3 is 5.97 Å². The summed E-state index contributed by atoms with van der Waals surface area (Å²) < 4.78 is 0. The maximum absolute atomic E-state index is 12.5. The van der Waals surface area contributed by atoms with Crippen molar-refractivity contribution in [3.63, 3.8) is 0 Å². The van der Waals surface area contributed by atoms with E-state index in [2.05, 4.69) is 5.32 Å². The molecule has 8 heteroatoms. The first-order valence-corrected chi connectivity index (χ1v) is 9.57. The van der Waals surface area contributed by atoms with Crippen LogP contribution in [0.5, 0.6) is 0 Å². The quantitative estimate of drug-likeness (QED) is 0.772. The number of carboxylic acids is 1. The molecule has 0 radical (unpaired) electrons. The Morgan fingerprint density at radius 1 is 1.11 bits per heavy atom. The summed E-state index contributed by atoms with van der Waals surface area (Å²) in [6, 6.07) is 7.01. The highest BCUT2D eigenvalue weighted by atomic mass is 35.5. The molecule has 2 saturated heterocycles. The van der Waals surface area contributed by atoms with E-state index in [4.69, 9.17) is 0 Å². The van der Waals surface area contributed by atoms with Crippen LogP contribution >= 0.6 is 12.4 Å². The Hall–Kier alpha value is -2.12. The van der Waals surface area contributed by atoms with E-state index in [1.165, 1.54) is 0 Å². The molecular formula is C20H28ClN3O4. The average molecular weight is 410 g/mol. The zero-order chi connectivity index (χ0) is 19.4. The zero-order valence-corrected chi connectivity index (χ0v) is 16.9. The Balaban J connectivity index is 0.00000280. The van der Waals surface area contributed by atoms with E-state index in [1.54, 1.807) is 9.80 Å². The number of carbonyl (C=O) groups is 3. The van der Waals surface area contributed by atoms with Gasteiger partial charge in [-0.1, -0.05) is 18.2 Å². The molecule has 0 saturated carbocycles. The Labute approximate surface area is 171 Å². The maximum atomic E-state index is 12.5. The summed E-state index contributed by atoms with van der Waals surface area (Å²) in [5.74, 6) is -0.941. The van der Waals surface area contributed by atoms with E-state index in [9.17, 15) is 19.5 Å². The van der Waals surface area contributed by atoms with Crippen LogP contribution in [0, 0.1) is 6.92 Å². The first kappa shape index (κ1) is 22.2. The van der Waals surface area contributed by atoms with Gasteiger partial charge in [0.05, 0.1) is 6.54 Å². The molecule has 2 aliphatic rings. The van der Waals surface area contributed by atoms with Crippen molar-refractivity contribution < 1.29 is 19.5 Å². The third kappa shape index (κ3) is 5.23. The third-order valence-corrected chi connectivity index (χ3v) is 5.56. The number of carbonyl (C=O) groups excluding carboxylic acids is 2. The number of nitrogens with one attached hydrogen (secondary N) is 1. The van der Waals surface area contributed by atoms with Crippen LogP contribution in [0.2, 0.25) is 0 Å². The molecular weight excluding hydrogens is 382 g/mol. The molecule has 7 nitrogen and oxygen atoms in total. The lowest BCUT2D eigenvalue weighted by molar-refractivity contribution is -0.143. The summed E-state index contributed by atoms with van der Waals surface area (Å²) in [4.78, 5) is 39.7. The van der Waals surface area contributed by atoms with E-state index in [-0.39, 0.29) is 36.8 Å². The second-order valence-corrected chi connectivity index (χ2v) is 7.41. The first-order valence-electron chi connectivity index (χ1n) is 9.57. The molecule has 0 spiro atoms. The largest absolute Gasteiger partial charge is 0.480 e. The van der Waals surface area contributed by atoms with Crippen LogP contribution in [0.4, 0.5) is 0 Å². The monoisotopic (exact) mass is 409 g/mol. The normalized spacial score (nSPS) is 20.5. The number of amides is 2. The van der Waals surface area contributed by atoms with Crippen molar-refractivity contribution in [1.29, 1.82) is 0 Å². The van der Waals surface area contributed by atoms with Gasteiger partial charge in [-0.15, -0.1) is 12.4 Å². The molecule has 0 aromatic heterocycles. The number of aryl methyl sites for hydroxylation is 1. The van der Waals surface area contributed by atoms with Crippen LogP contribution in [0.25, 0.3) is 0 Å². The number of hydrogen-bond acceptors (Lipinski definition) is 4. The fraction of sp³-hybridized carbons (Fsp3) is 0.550. The molecule has 28 heavy (non-hydrogen) atoms. The summed E-state index contributed by atoms with van der Waals surface area (Å²) in [7, 11) is 0. The Bertz CT molecular complexity index is 719. The molecule has 3 rings (SSSR count). The Kier molecular flexibility index (Phi) is 7.83. The fourth-order valence-electron chi connectivity index (χ4n) is 3.93. The number of likely N-dealkylation sites (tertiary alicyclic amines) is 2. The molecule has 2 amide bonds. The highest BCUT2D eigenvalue weighted by molar-refractivity contribution is 5.95. The lowest BCUT2D eigenvalue weighted by Crippen LogP contribution is -2.50. The van der Waals surface area contributed by atoms with Crippen molar-refractivity contribution in [3.8, 4) is 0 Å². The molecule has 0 bridgehead atoms. The smallest absolute Gasteiger partial charge is 0.320 e. The molecule has 1 aromatic carbocycles. The lowest BCUT2D eigenvalue weighted by Gasteiger charge is -2.34. The number of aliphatic carboxylic acids is 1. The van der Waals surface area contributed by atoms with Gasteiger partial charge in [0.15, 0.2) is 0 Å². The van der Waals surface area contributed by atoms with Gasteiger partial charge in [-0.25, -0.2) is 0 Å². The number of hydrogen-bond donors (Lipinski definition) is 2. The number of rotatable bonds is 5. The second-order valence-electron chi connectivity index (χ2n) is 7.41. The van der Waals surface area contributed by atoms with E-state index in [0.717, 1.165) is 12.0 Å². The number of nitrogens with zero attached hydrogens (tertiary/aromatic N) is 2. The fourth-order valence-corrected chi connectivity index (χ4v) is 3.93. The van der Waals surface area contributed by atoms with Gasteiger partial charge in [0.2, 0.25) is 5.91 Å². The van der Waals surface area contributed by atoms with Crippen LogP contribution in [0.1, 0.15) is 41.6 Å². The standard InChI is InChI=1S/C20H27N3O4.ClH/c1-14-5-2-3-6-16(14)19(25)21-15-8-11-22(12-9-15)18(24)13-23-10-4-7-17(23)20(26)27;/h2-3,5-6,15,17H,4,7-13H2,1H3,(H,21,25)(H,26,27);1H/t17-;/m0./s1. The van der Waals surface area contributed by atoms with Crippen molar-refractivity contribution in [2.24, 2.45) is 0 Å². The summed E-state index contributed by atoms with van der Waals surface area (Å²) in [6.45, 7) is 3.91. The van der Waals surface area contributed by atoms with Crippen LogP contribution in [-0.4, -0.2) is 71.0 Å². The second kappa shape index (κ2) is 9.89. The Morgan fingerprint density at radius 3 is 2.43 bits per heavy atom. The van der Waals surface area contributed by atoms with Gasteiger partial charge in [0, 0.05) is 24.7 Å². The predicted molar refractivity (Wildman–Crippen MR) is 108 cm³/mol. The van der Waals surface area contributed by atoms with Crippen LogP contribution < -0.4 is 5.32 Å². The van der Waals surface area contributed by atoms with Crippen LogP contribution in [0.15, 0.2) is 24.3 Å². The molecule has 2 heterocycles. The Morgan fingerprint density at radius 2 is 1.79 bits per heavy atom. The lowest BCUT2D eigenvalue weighted by atomic mass is 10.0. The zero-order valence-electron chi connectivity index (χ0n) is 16.1. The van der Waals surface area contributed by atoms with E-state index >= 15 is 0 Å². The number of benzene rings is 1. The summed E-state index contributed by atoms with van der Waals surface area (Å²) in [6.07, 6.45) is 2.85. The van der Waals surface area contributed by atoms with E-state index < -0.39 is 12.0 Å². The summed E-state index contributed by atoms with van der Waals surface area (Å²) >= 11 is 0. The summed E-state index contributed by atoms with van der Waals surface area (Å²) in [5, 5.41) is 12.3. The minimum Gasteiger partial charge on any atom is -0.480 e. The van der Waals surface area contributed by atoms with E-state index in [0.29, 0.717) is 44.5 Å². The van der Waals surface area contributed by atoms with E-state index in [1.807, 2.05) is 31.2 Å². The van der Waals surface area contributed by atoms with Gasteiger partial charge < -0.3 is 15.3 Å². The van der Waals surface area contributed by atoms with Crippen molar-refractivity contribution in [2.75, 3.05) is 26.2 Å². The predicted octanol–water partition coefficient (Wildman–Crippen LogP) is 1.69. The van der Waals surface area contributed by atoms with Gasteiger partial charge in [-0.3, -0.25) is 19.3 Å². The molecule has 0 unspecified atom stereocenters. The van der Waals surface area contributed by atoms with Gasteiger partial charge in [-0.05, 0) is 50.8 Å². The maximum Gasteiger partial charge on any atom is 0.320 e. The molecule has 2 N–H and O–H groups in total. The van der Waals surface area contributed by atoms with Crippen molar-refractivity contribution in [3.05, 3.63) is 35.4 Å². The third-order valence-electron chi connectivity index (χ3n) is 5.56. The molecule has 1 aromatic rings. The molecule has 2 aliphatic heterocycles. The SMILES string of the molecule is Cc1ccccc1C(=O)NC1CCN(C(=O)CN2CCC[C@H]2C(=O)O)CC1.Cl. The first-order chi connectivity index (χ1) is 13.0. The number of carboxylic acid groups (broad SMARTS) is 1. The highest BCUT2D eigenvalue weighted by Crippen LogP contribution is 2.18. The minimum absolute atomic E-state index is 0. The van der Waals surface area contributed by atoms with Gasteiger partial charge in [0.25, 0.3) is 5.91 Å². The van der Waals surface area contributed by atoms with Gasteiger partial charge in [0.1, 0.15) is 6.04 Å². The number of piperidine rings is 1. The van der Waals surface area contributed by atoms with Crippen molar-refractivity contribution >= 4 is 30.2 Å². The highest BCUT2D eigenvalue weighted by Gasteiger charge is 2.33.